The fraction of sp³-hybridized carbons (Fsp3) is 0.273. The molecule has 0 saturated carbocycles. The van der Waals surface area contributed by atoms with E-state index in [1.165, 1.54) is 18.2 Å². The van der Waals surface area contributed by atoms with Gasteiger partial charge in [0.15, 0.2) is 11.5 Å². The quantitative estimate of drug-likeness (QED) is 0.682. The van der Waals surface area contributed by atoms with Crippen molar-refractivity contribution in [3.63, 3.8) is 0 Å². The van der Waals surface area contributed by atoms with E-state index in [2.05, 4.69) is 4.98 Å². The summed E-state index contributed by atoms with van der Waals surface area (Å²) in [5.74, 6) is -2.01. The molecule has 4 heterocycles. The number of carbonyl (C=O) groups excluding carboxylic acids is 2. The molecule has 146 valence electrons. The minimum absolute atomic E-state index is 0.00758. The van der Waals surface area contributed by atoms with Crippen LogP contribution < -0.4 is 9.47 Å². The van der Waals surface area contributed by atoms with Crippen molar-refractivity contribution in [2.75, 3.05) is 20.3 Å². The highest BCUT2D eigenvalue weighted by molar-refractivity contribution is 5.97. The van der Waals surface area contributed by atoms with Crippen molar-refractivity contribution >= 4 is 22.7 Å². The summed E-state index contributed by atoms with van der Waals surface area (Å²) >= 11 is 0. The van der Waals surface area contributed by atoms with Crippen LogP contribution >= 0.6 is 0 Å². The number of rotatable bonds is 1. The van der Waals surface area contributed by atoms with Gasteiger partial charge in [0.25, 0.3) is 0 Å². The molecular formula is C22H19N3O4. The van der Waals surface area contributed by atoms with Gasteiger partial charge in [0.2, 0.25) is 18.6 Å². The van der Waals surface area contributed by atoms with Crippen LogP contribution in [0, 0.1) is 0 Å². The largest absolute Gasteiger partial charge is 0.454 e. The van der Waals surface area contributed by atoms with Gasteiger partial charge in [-0.25, -0.2) is 0 Å². The van der Waals surface area contributed by atoms with E-state index in [9.17, 15) is 11.0 Å². The second-order valence-electron chi connectivity index (χ2n) is 6.93. The summed E-state index contributed by atoms with van der Waals surface area (Å²) in [7, 11) is 1.14. The number of likely N-dealkylation sites (N-methyl/N-ethyl adjacent to an activating group) is 1. The maximum absolute atomic E-state index is 13.6. The summed E-state index contributed by atoms with van der Waals surface area (Å²) in [5.41, 5.74) is 0.144. The lowest BCUT2D eigenvalue weighted by Gasteiger charge is -2.46. The number of aromatic amines is 1. The summed E-state index contributed by atoms with van der Waals surface area (Å²) in [4.78, 5) is 31.4. The molecule has 1 fully saturated rings. The first-order valence-electron chi connectivity index (χ1n) is 13.4. The number of hydrogen-bond donors (Lipinski definition) is 1. The molecule has 29 heavy (non-hydrogen) atoms. The number of nitrogens with zero attached hydrogens (tertiary/aromatic N) is 2. The maximum Gasteiger partial charge on any atom is 0.245 e. The number of carbonyl (C=O) groups is 2. The first-order valence-corrected chi connectivity index (χ1v) is 8.86. The van der Waals surface area contributed by atoms with Gasteiger partial charge < -0.3 is 24.3 Å². The number of hydrogen-bond acceptors (Lipinski definition) is 4. The van der Waals surface area contributed by atoms with E-state index in [0.29, 0.717) is 4.90 Å². The molecule has 6 rings (SSSR count). The van der Waals surface area contributed by atoms with Gasteiger partial charge in [-0.3, -0.25) is 9.59 Å². The number of fused-ring (bicyclic) bond motifs is 5. The summed E-state index contributed by atoms with van der Waals surface area (Å²) in [6.07, 6.45) is -0.226. The Morgan fingerprint density at radius 1 is 1.24 bits per heavy atom. The number of amides is 2. The zero-order chi connectivity index (χ0) is 27.7. The third-order valence-electron chi connectivity index (χ3n) is 5.35. The van der Waals surface area contributed by atoms with Gasteiger partial charge in [-0.2, -0.15) is 0 Å². The predicted molar refractivity (Wildman–Crippen MR) is 105 cm³/mol. The van der Waals surface area contributed by atoms with Crippen molar-refractivity contribution in [3.05, 3.63) is 59.2 Å². The number of ether oxygens (including phenoxy) is 2. The van der Waals surface area contributed by atoms with Crippen molar-refractivity contribution in [2.45, 2.75) is 18.5 Å². The van der Waals surface area contributed by atoms with Gasteiger partial charge >= 0.3 is 0 Å². The maximum atomic E-state index is 13.6. The Labute approximate surface area is 179 Å². The molecule has 2 atom stereocenters. The SMILES string of the molecule is [2H]c1c([2H])c([2H])c2c3c([nH]c2c1[2H])[C@@]([2H])(c1ccc2c(c1)OC([2H])([2H])O2)N1C(=O)C([2H])([2H])N(C)C(=O)[C@H]1C3. The molecule has 0 aliphatic carbocycles. The molecule has 1 N–H and O–H groups in total. The smallest absolute Gasteiger partial charge is 0.245 e. The highest BCUT2D eigenvalue weighted by Crippen LogP contribution is 2.44. The van der Waals surface area contributed by atoms with E-state index in [-0.39, 0.29) is 51.7 Å². The molecule has 2 aromatic carbocycles. The zero-order valence-electron chi connectivity index (χ0n) is 24.0. The van der Waals surface area contributed by atoms with Crippen molar-refractivity contribution < 1.29 is 31.4 Å². The van der Waals surface area contributed by atoms with Crippen LogP contribution in [0.25, 0.3) is 10.9 Å². The monoisotopic (exact) mass is 398 g/mol. The standard InChI is InChI=1S/C22H19N3O4/c1-24-10-19(26)25-16(22(24)27)9-14-13-4-2-3-5-15(13)23-20(14)21(25)12-6-7-17-18(8-12)29-11-28-17/h2-8,16,21,23H,9-11H2,1H3/t16-,21-/m1/s1/i2D,3D,4D,5D,10D2,11D2,21D. The normalized spacial score (nSPS) is 33.3. The number of aromatic nitrogens is 1. The van der Waals surface area contributed by atoms with Gasteiger partial charge in [-0.05, 0) is 29.3 Å². The summed E-state index contributed by atoms with van der Waals surface area (Å²) in [5, 5.41) is 0.0656. The number of para-hydroxylation sites is 1. The van der Waals surface area contributed by atoms with E-state index in [1.54, 1.807) is 0 Å². The molecule has 1 saturated heterocycles. The molecule has 7 nitrogen and oxygen atoms in total. The lowest BCUT2D eigenvalue weighted by atomic mass is 9.86. The van der Waals surface area contributed by atoms with E-state index in [1.807, 2.05) is 0 Å². The predicted octanol–water partition coefficient (Wildman–Crippen LogP) is 2.21. The second-order valence-corrected chi connectivity index (χ2v) is 6.93. The fourth-order valence-corrected chi connectivity index (χ4v) is 4.06. The van der Waals surface area contributed by atoms with E-state index in [4.69, 9.17) is 20.4 Å². The van der Waals surface area contributed by atoms with Crippen molar-refractivity contribution in [1.82, 2.24) is 14.8 Å². The number of piperazine rings is 1. The van der Waals surface area contributed by atoms with E-state index in [0.717, 1.165) is 11.9 Å². The first-order chi connectivity index (χ1) is 17.6. The molecule has 7 heteroatoms. The topological polar surface area (TPSA) is 74.9 Å². The van der Waals surface area contributed by atoms with Crippen LogP contribution in [0.2, 0.25) is 0 Å². The van der Waals surface area contributed by atoms with Gasteiger partial charge in [-0.15, -0.1) is 0 Å². The minimum Gasteiger partial charge on any atom is -0.454 e. The molecular weight excluding hydrogens is 370 g/mol. The number of benzene rings is 2. The van der Waals surface area contributed by atoms with Crippen LogP contribution in [0.5, 0.6) is 11.5 Å². The first kappa shape index (κ1) is 9.82. The lowest BCUT2D eigenvalue weighted by Crippen LogP contribution is -2.62. The second kappa shape index (κ2) is 5.76. The Morgan fingerprint density at radius 2 is 2.07 bits per heavy atom. The minimum atomic E-state index is -2.79. The lowest BCUT2D eigenvalue weighted by molar-refractivity contribution is -0.157. The molecule has 1 aromatic heterocycles. The summed E-state index contributed by atoms with van der Waals surface area (Å²) in [6.45, 7) is -5.27. The van der Waals surface area contributed by atoms with Crippen LogP contribution in [0.3, 0.4) is 0 Å². The van der Waals surface area contributed by atoms with E-state index < -0.39 is 55.2 Å². The molecule has 0 bridgehead atoms. The van der Waals surface area contributed by atoms with Crippen molar-refractivity contribution in [3.8, 4) is 11.5 Å². The van der Waals surface area contributed by atoms with Gasteiger partial charge in [0, 0.05) is 30.1 Å². The molecule has 3 aliphatic rings. The van der Waals surface area contributed by atoms with Crippen LogP contribution in [-0.2, 0) is 16.0 Å². The number of H-pyrrole nitrogens is 1. The highest BCUT2D eigenvalue weighted by atomic mass is 16.7. The van der Waals surface area contributed by atoms with Crippen molar-refractivity contribution in [1.29, 1.82) is 0 Å². The average Bonchev–Trinajstić information content (AvgIpc) is 3.40. The van der Waals surface area contributed by atoms with Crippen LogP contribution in [0.4, 0.5) is 0 Å². The Balaban J connectivity index is 1.69. The Morgan fingerprint density at radius 3 is 2.97 bits per heavy atom. The van der Waals surface area contributed by atoms with Crippen LogP contribution in [-0.4, -0.2) is 52.9 Å². The molecule has 2 amide bonds. The molecule has 3 aromatic rings. The Kier molecular flexibility index (Phi) is 1.95. The van der Waals surface area contributed by atoms with Crippen LogP contribution in [0.15, 0.2) is 42.4 Å². The molecule has 0 unspecified atom stereocenters. The Bertz CT molecular complexity index is 1610. The summed E-state index contributed by atoms with van der Waals surface area (Å²) in [6, 6.07) is -1.57. The third-order valence-corrected chi connectivity index (χ3v) is 5.35. The molecule has 0 radical (unpaired) electrons. The van der Waals surface area contributed by atoms with Gasteiger partial charge in [0.1, 0.15) is 8.78 Å². The molecule has 0 spiro atoms. The number of nitrogens with one attached hydrogen (secondary N) is 1. The zero-order valence-corrected chi connectivity index (χ0v) is 15.0. The van der Waals surface area contributed by atoms with Gasteiger partial charge in [-0.1, -0.05) is 24.2 Å². The Hall–Kier alpha value is -3.48. The fourth-order valence-electron chi connectivity index (χ4n) is 4.06. The highest BCUT2D eigenvalue weighted by Gasteiger charge is 2.47. The van der Waals surface area contributed by atoms with Gasteiger partial charge in [0.05, 0.1) is 22.1 Å². The molecule has 3 aliphatic heterocycles. The van der Waals surface area contributed by atoms with E-state index >= 15 is 0 Å². The van der Waals surface area contributed by atoms with Crippen molar-refractivity contribution in [2.24, 2.45) is 0 Å². The third kappa shape index (κ3) is 2.24. The average molecular weight is 398 g/mol. The van der Waals surface area contributed by atoms with Crippen LogP contribution in [0.1, 0.15) is 35.2 Å². The summed E-state index contributed by atoms with van der Waals surface area (Å²) < 4.78 is 85.1.